The molecule has 88 valence electrons. The summed E-state index contributed by atoms with van der Waals surface area (Å²) in [6, 6.07) is 2.05. The second kappa shape index (κ2) is 5.41. The lowest BCUT2D eigenvalue weighted by atomic mass is 10.2. The Hall–Kier alpha value is -0.940. The summed E-state index contributed by atoms with van der Waals surface area (Å²) in [5.41, 5.74) is 8.29. The summed E-state index contributed by atoms with van der Waals surface area (Å²) in [7, 11) is 0. The fourth-order valence-electron chi connectivity index (χ4n) is 1.89. The van der Waals surface area contributed by atoms with E-state index in [-0.39, 0.29) is 0 Å². The highest BCUT2D eigenvalue weighted by Crippen LogP contribution is 2.27. The van der Waals surface area contributed by atoms with E-state index in [0.29, 0.717) is 5.82 Å². The van der Waals surface area contributed by atoms with Gasteiger partial charge in [-0.1, -0.05) is 0 Å². The van der Waals surface area contributed by atoms with E-state index in [0.717, 1.165) is 37.6 Å². The first-order valence-electron chi connectivity index (χ1n) is 5.38. The molecule has 0 atom stereocenters. The van der Waals surface area contributed by atoms with Crippen molar-refractivity contribution in [3.63, 3.8) is 0 Å². The number of thioether (sulfide) groups is 1. The molecule has 0 bridgehead atoms. The molecule has 4 nitrogen and oxygen atoms in total. The standard InChI is InChI=1S/C11H17N3OS/c1-16-8-9-10(2-3-13-11(9)12)14-4-6-15-7-5-14/h2-3H,4-8H2,1H3,(H2,12,13). The van der Waals surface area contributed by atoms with Crippen LogP contribution in [0.3, 0.4) is 0 Å². The lowest BCUT2D eigenvalue weighted by Gasteiger charge is -2.30. The Kier molecular flexibility index (Phi) is 3.90. The molecule has 0 unspecified atom stereocenters. The Labute approximate surface area is 100 Å². The van der Waals surface area contributed by atoms with Crippen LogP contribution in [-0.2, 0) is 10.5 Å². The number of hydrogen-bond acceptors (Lipinski definition) is 5. The topological polar surface area (TPSA) is 51.4 Å². The van der Waals surface area contributed by atoms with Gasteiger partial charge in [-0.25, -0.2) is 4.98 Å². The Morgan fingerprint density at radius 2 is 2.25 bits per heavy atom. The van der Waals surface area contributed by atoms with Gasteiger partial charge in [-0.3, -0.25) is 0 Å². The summed E-state index contributed by atoms with van der Waals surface area (Å²) in [6.45, 7) is 3.46. The minimum absolute atomic E-state index is 0.651. The molecule has 0 aromatic carbocycles. The van der Waals surface area contributed by atoms with E-state index in [1.807, 2.05) is 6.07 Å². The van der Waals surface area contributed by atoms with Crippen molar-refractivity contribution in [2.45, 2.75) is 5.75 Å². The average Bonchev–Trinajstić information content (AvgIpc) is 2.33. The van der Waals surface area contributed by atoms with Crippen molar-refractivity contribution >= 4 is 23.3 Å². The molecule has 1 aliphatic heterocycles. The fraction of sp³-hybridized carbons (Fsp3) is 0.545. The van der Waals surface area contributed by atoms with E-state index in [1.54, 1.807) is 18.0 Å². The Balaban J connectivity index is 2.27. The maximum atomic E-state index is 5.93. The van der Waals surface area contributed by atoms with Gasteiger partial charge in [0.05, 0.1) is 13.2 Å². The van der Waals surface area contributed by atoms with Crippen molar-refractivity contribution in [3.05, 3.63) is 17.8 Å². The number of hydrogen-bond donors (Lipinski definition) is 1. The predicted octanol–water partition coefficient (Wildman–Crippen LogP) is 1.36. The highest BCUT2D eigenvalue weighted by molar-refractivity contribution is 7.97. The molecule has 1 aliphatic rings. The van der Waals surface area contributed by atoms with Crippen LogP contribution < -0.4 is 10.6 Å². The molecule has 2 heterocycles. The third kappa shape index (κ3) is 2.41. The van der Waals surface area contributed by atoms with Crippen LogP contribution in [0.15, 0.2) is 12.3 Å². The smallest absolute Gasteiger partial charge is 0.129 e. The zero-order valence-electron chi connectivity index (χ0n) is 9.48. The van der Waals surface area contributed by atoms with Crippen LogP contribution in [0.2, 0.25) is 0 Å². The number of aromatic nitrogens is 1. The van der Waals surface area contributed by atoms with Crippen LogP contribution in [0.25, 0.3) is 0 Å². The Bertz CT molecular complexity index is 353. The first kappa shape index (κ1) is 11.5. The van der Waals surface area contributed by atoms with Gasteiger partial charge >= 0.3 is 0 Å². The molecule has 2 rings (SSSR count). The first-order chi connectivity index (χ1) is 7.83. The maximum absolute atomic E-state index is 5.93. The van der Waals surface area contributed by atoms with Gasteiger partial charge in [0.25, 0.3) is 0 Å². The van der Waals surface area contributed by atoms with Crippen LogP contribution in [0, 0.1) is 0 Å². The van der Waals surface area contributed by atoms with Gasteiger partial charge in [0.15, 0.2) is 0 Å². The molecular formula is C11H17N3OS. The van der Waals surface area contributed by atoms with Crippen molar-refractivity contribution in [1.82, 2.24) is 4.98 Å². The van der Waals surface area contributed by atoms with E-state index in [4.69, 9.17) is 10.5 Å². The quantitative estimate of drug-likeness (QED) is 0.863. The van der Waals surface area contributed by atoms with Crippen molar-refractivity contribution < 1.29 is 4.74 Å². The number of morpholine rings is 1. The second-order valence-corrected chi connectivity index (χ2v) is 4.59. The molecule has 0 aliphatic carbocycles. The molecular weight excluding hydrogens is 222 g/mol. The first-order valence-corrected chi connectivity index (χ1v) is 6.77. The minimum Gasteiger partial charge on any atom is -0.383 e. The van der Waals surface area contributed by atoms with Crippen LogP contribution >= 0.6 is 11.8 Å². The third-order valence-electron chi connectivity index (χ3n) is 2.70. The zero-order valence-corrected chi connectivity index (χ0v) is 10.3. The monoisotopic (exact) mass is 239 g/mol. The Morgan fingerprint density at radius 3 is 2.94 bits per heavy atom. The normalized spacial score (nSPS) is 16.4. The molecule has 5 heteroatoms. The van der Waals surface area contributed by atoms with Gasteiger partial charge in [0.1, 0.15) is 5.82 Å². The molecule has 0 radical (unpaired) electrons. The predicted molar refractivity (Wildman–Crippen MR) is 68.9 cm³/mol. The highest BCUT2D eigenvalue weighted by atomic mass is 32.2. The Morgan fingerprint density at radius 1 is 1.50 bits per heavy atom. The zero-order chi connectivity index (χ0) is 11.4. The summed E-state index contributed by atoms with van der Waals surface area (Å²) in [5, 5.41) is 0. The fourth-order valence-corrected chi connectivity index (χ4v) is 2.48. The highest BCUT2D eigenvalue weighted by Gasteiger charge is 2.16. The molecule has 16 heavy (non-hydrogen) atoms. The molecule has 1 fully saturated rings. The number of pyridine rings is 1. The van der Waals surface area contributed by atoms with Gasteiger partial charge in [-0.2, -0.15) is 11.8 Å². The van der Waals surface area contributed by atoms with Crippen LogP contribution in [0.1, 0.15) is 5.56 Å². The maximum Gasteiger partial charge on any atom is 0.129 e. The van der Waals surface area contributed by atoms with Gasteiger partial charge in [0.2, 0.25) is 0 Å². The molecule has 1 aromatic rings. The van der Waals surface area contributed by atoms with E-state index in [9.17, 15) is 0 Å². The van der Waals surface area contributed by atoms with Gasteiger partial charge < -0.3 is 15.4 Å². The summed E-state index contributed by atoms with van der Waals surface area (Å²) in [4.78, 5) is 6.49. The number of anilines is 2. The third-order valence-corrected chi connectivity index (χ3v) is 3.28. The van der Waals surface area contributed by atoms with E-state index < -0.39 is 0 Å². The number of nitrogen functional groups attached to an aromatic ring is 1. The van der Waals surface area contributed by atoms with Crippen molar-refractivity contribution in [1.29, 1.82) is 0 Å². The van der Waals surface area contributed by atoms with Crippen molar-refractivity contribution in [2.24, 2.45) is 0 Å². The lowest BCUT2D eigenvalue weighted by Crippen LogP contribution is -2.36. The van der Waals surface area contributed by atoms with E-state index >= 15 is 0 Å². The minimum atomic E-state index is 0.651. The van der Waals surface area contributed by atoms with Crippen LogP contribution in [-0.4, -0.2) is 37.5 Å². The van der Waals surface area contributed by atoms with Gasteiger partial charge in [-0.05, 0) is 12.3 Å². The summed E-state index contributed by atoms with van der Waals surface area (Å²) in [6.07, 6.45) is 3.86. The lowest BCUT2D eigenvalue weighted by molar-refractivity contribution is 0.122. The number of nitrogens with zero attached hydrogens (tertiary/aromatic N) is 2. The van der Waals surface area contributed by atoms with Crippen LogP contribution in [0.5, 0.6) is 0 Å². The van der Waals surface area contributed by atoms with E-state index in [1.165, 1.54) is 5.69 Å². The van der Waals surface area contributed by atoms with Gasteiger partial charge in [0, 0.05) is 36.3 Å². The summed E-state index contributed by atoms with van der Waals surface area (Å²) in [5.74, 6) is 1.56. The molecule has 0 amide bonds. The number of ether oxygens (including phenoxy) is 1. The number of nitrogens with two attached hydrogens (primary N) is 1. The second-order valence-electron chi connectivity index (χ2n) is 3.73. The molecule has 0 spiro atoms. The SMILES string of the molecule is CSCc1c(N2CCOCC2)ccnc1N. The molecule has 1 aromatic heterocycles. The van der Waals surface area contributed by atoms with E-state index in [2.05, 4.69) is 16.1 Å². The van der Waals surface area contributed by atoms with Crippen LogP contribution in [0.4, 0.5) is 11.5 Å². The molecule has 2 N–H and O–H groups in total. The van der Waals surface area contributed by atoms with Crippen molar-refractivity contribution in [3.8, 4) is 0 Å². The summed E-state index contributed by atoms with van der Waals surface area (Å²) >= 11 is 1.77. The average molecular weight is 239 g/mol. The molecule has 0 saturated carbocycles. The molecule has 1 saturated heterocycles. The van der Waals surface area contributed by atoms with Crippen molar-refractivity contribution in [2.75, 3.05) is 43.2 Å². The largest absolute Gasteiger partial charge is 0.383 e. The van der Waals surface area contributed by atoms with Gasteiger partial charge in [-0.15, -0.1) is 0 Å². The summed E-state index contributed by atoms with van der Waals surface area (Å²) < 4.78 is 5.36. The number of rotatable bonds is 3.